The van der Waals surface area contributed by atoms with Crippen LogP contribution in [-0.4, -0.2) is 42.7 Å². The van der Waals surface area contributed by atoms with Crippen LogP contribution in [-0.2, 0) is 9.84 Å². The number of piperidine rings is 1. The fourth-order valence-corrected chi connectivity index (χ4v) is 4.62. The second-order valence-corrected chi connectivity index (χ2v) is 8.74. The number of fused-ring (bicyclic) bond motifs is 1. The lowest BCUT2D eigenvalue weighted by molar-refractivity contribution is 0.145. The van der Waals surface area contributed by atoms with E-state index < -0.39 is 9.84 Å². The summed E-state index contributed by atoms with van der Waals surface area (Å²) in [6, 6.07) is 14.0. The number of anilines is 1. The van der Waals surface area contributed by atoms with E-state index in [0.29, 0.717) is 42.8 Å². The van der Waals surface area contributed by atoms with Crippen LogP contribution < -0.4 is 4.90 Å². The minimum Gasteiger partial charge on any atom is -0.393 e. The number of nitrogens with zero attached hydrogens (tertiary/aromatic N) is 3. The van der Waals surface area contributed by atoms with Crippen molar-refractivity contribution in [3.8, 4) is 0 Å². The van der Waals surface area contributed by atoms with Crippen molar-refractivity contribution in [3.05, 3.63) is 54.1 Å². The maximum atomic E-state index is 13.3. The smallest absolute Gasteiger partial charge is 0.227 e. The molecule has 1 aromatic heterocycles. The SMILES string of the molecule is Cc1ccc(S(=O)(=O)c2nc3ccccc3nc2N2CCC(O)CC2)cc1. The molecule has 0 atom stereocenters. The quantitative estimate of drug-likeness (QED) is 0.749. The van der Waals surface area contributed by atoms with Crippen LogP contribution >= 0.6 is 0 Å². The van der Waals surface area contributed by atoms with Gasteiger partial charge < -0.3 is 10.0 Å². The molecule has 27 heavy (non-hydrogen) atoms. The number of rotatable bonds is 3. The number of aryl methyl sites for hydroxylation is 1. The third-order valence-electron chi connectivity index (χ3n) is 4.87. The molecule has 0 spiro atoms. The van der Waals surface area contributed by atoms with Gasteiger partial charge in [0.2, 0.25) is 14.9 Å². The third-order valence-corrected chi connectivity index (χ3v) is 6.55. The van der Waals surface area contributed by atoms with Crippen LogP contribution in [0.25, 0.3) is 11.0 Å². The van der Waals surface area contributed by atoms with Gasteiger partial charge in [0.25, 0.3) is 0 Å². The number of benzene rings is 2. The van der Waals surface area contributed by atoms with Gasteiger partial charge >= 0.3 is 0 Å². The van der Waals surface area contributed by atoms with Gasteiger partial charge in [-0.15, -0.1) is 0 Å². The summed E-state index contributed by atoms with van der Waals surface area (Å²) in [6.45, 7) is 3.01. The predicted octanol–water partition coefficient (Wildman–Crippen LogP) is 2.73. The van der Waals surface area contributed by atoms with Crippen LogP contribution in [0, 0.1) is 6.92 Å². The van der Waals surface area contributed by atoms with Crippen molar-refractivity contribution in [2.24, 2.45) is 0 Å². The number of para-hydroxylation sites is 2. The molecule has 6 nitrogen and oxygen atoms in total. The Morgan fingerprint density at radius 2 is 1.56 bits per heavy atom. The van der Waals surface area contributed by atoms with Crippen molar-refractivity contribution in [3.63, 3.8) is 0 Å². The summed E-state index contributed by atoms with van der Waals surface area (Å²) in [5, 5.41) is 9.77. The lowest BCUT2D eigenvalue weighted by Crippen LogP contribution is -2.37. The molecule has 0 bridgehead atoms. The summed E-state index contributed by atoms with van der Waals surface area (Å²) in [4.78, 5) is 11.2. The van der Waals surface area contributed by atoms with Gasteiger partial charge in [0, 0.05) is 13.1 Å². The zero-order valence-electron chi connectivity index (χ0n) is 15.0. The van der Waals surface area contributed by atoms with Crippen LogP contribution in [0.1, 0.15) is 18.4 Å². The summed E-state index contributed by atoms with van der Waals surface area (Å²) in [6.07, 6.45) is 0.809. The first kappa shape index (κ1) is 17.9. The first-order valence-corrected chi connectivity index (χ1v) is 10.4. The molecule has 4 rings (SSSR count). The summed E-state index contributed by atoms with van der Waals surface area (Å²) in [5.41, 5.74) is 2.19. The minimum atomic E-state index is -3.82. The van der Waals surface area contributed by atoms with E-state index in [9.17, 15) is 13.5 Å². The molecule has 3 aromatic rings. The van der Waals surface area contributed by atoms with Gasteiger partial charge in [-0.3, -0.25) is 0 Å². The van der Waals surface area contributed by atoms with E-state index in [1.807, 2.05) is 30.0 Å². The molecule has 1 fully saturated rings. The molecule has 1 saturated heterocycles. The van der Waals surface area contributed by atoms with Gasteiger partial charge in [0.05, 0.1) is 22.0 Å². The van der Waals surface area contributed by atoms with Crippen LogP contribution in [0.2, 0.25) is 0 Å². The predicted molar refractivity (Wildman–Crippen MR) is 104 cm³/mol. The van der Waals surface area contributed by atoms with Crippen LogP contribution in [0.3, 0.4) is 0 Å². The molecule has 0 unspecified atom stereocenters. The summed E-state index contributed by atoms with van der Waals surface area (Å²) >= 11 is 0. The molecule has 1 N–H and O–H groups in total. The average molecular weight is 383 g/mol. The first-order valence-electron chi connectivity index (χ1n) is 8.97. The van der Waals surface area contributed by atoms with E-state index in [-0.39, 0.29) is 16.0 Å². The third kappa shape index (κ3) is 3.40. The lowest BCUT2D eigenvalue weighted by atomic mass is 10.1. The van der Waals surface area contributed by atoms with E-state index >= 15 is 0 Å². The minimum absolute atomic E-state index is 0.0264. The highest BCUT2D eigenvalue weighted by Crippen LogP contribution is 2.31. The second-order valence-electron chi connectivity index (χ2n) is 6.88. The van der Waals surface area contributed by atoms with E-state index in [1.54, 1.807) is 30.3 Å². The summed E-state index contributed by atoms with van der Waals surface area (Å²) in [7, 11) is -3.82. The van der Waals surface area contributed by atoms with E-state index in [0.717, 1.165) is 5.56 Å². The Morgan fingerprint density at radius 1 is 0.963 bits per heavy atom. The van der Waals surface area contributed by atoms with Gasteiger partial charge in [0.1, 0.15) is 0 Å². The van der Waals surface area contributed by atoms with E-state index in [1.165, 1.54) is 0 Å². The molecule has 2 heterocycles. The van der Waals surface area contributed by atoms with Crippen molar-refractivity contribution in [1.82, 2.24) is 9.97 Å². The molecule has 0 aliphatic carbocycles. The molecule has 1 aliphatic rings. The molecule has 2 aromatic carbocycles. The first-order chi connectivity index (χ1) is 12.9. The van der Waals surface area contributed by atoms with Crippen molar-refractivity contribution < 1.29 is 13.5 Å². The van der Waals surface area contributed by atoms with Crippen LogP contribution in [0.15, 0.2) is 58.5 Å². The number of hydrogen-bond acceptors (Lipinski definition) is 6. The highest BCUT2D eigenvalue weighted by Gasteiger charge is 2.29. The van der Waals surface area contributed by atoms with Crippen molar-refractivity contribution >= 4 is 26.7 Å². The van der Waals surface area contributed by atoms with Gasteiger partial charge in [0.15, 0.2) is 5.82 Å². The normalized spacial score (nSPS) is 16.0. The molecular weight excluding hydrogens is 362 g/mol. The number of hydrogen-bond donors (Lipinski definition) is 1. The van der Waals surface area contributed by atoms with Gasteiger partial charge in [-0.1, -0.05) is 29.8 Å². The maximum absolute atomic E-state index is 13.3. The molecule has 140 valence electrons. The standard InChI is InChI=1S/C20H21N3O3S/c1-14-6-8-16(9-7-14)27(25,26)20-19(23-12-10-15(24)11-13-23)21-17-4-2-3-5-18(17)22-20/h2-9,15,24H,10-13H2,1H3. The monoisotopic (exact) mass is 383 g/mol. The van der Waals surface area contributed by atoms with Crippen molar-refractivity contribution in [1.29, 1.82) is 0 Å². The van der Waals surface area contributed by atoms with Crippen LogP contribution in [0.5, 0.6) is 0 Å². The molecule has 0 saturated carbocycles. The van der Waals surface area contributed by atoms with E-state index in [4.69, 9.17) is 0 Å². The Hall–Kier alpha value is -2.51. The number of aliphatic hydroxyl groups is 1. The molecule has 7 heteroatoms. The molecule has 0 amide bonds. The maximum Gasteiger partial charge on any atom is 0.227 e. The highest BCUT2D eigenvalue weighted by atomic mass is 32.2. The number of sulfone groups is 1. The zero-order chi connectivity index (χ0) is 19.0. The Kier molecular flexibility index (Phi) is 4.57. The van der Waals surface area contributed by atoms with E-state index in [2.05, 4.69) is 9.97 Å². The average Bonchev–Trinajstić information content (AvgIpc) is 2.68. The lowest BCUT2D eigenvalue weighted by Gasteiger charge is -2.31. The topological polar surface area (TPSA) is 83.4 Å². The summed E-state index contributed by atoms with van der Waals surface area (Å²) in [5.74, 6) is 0.362. The van der Waals surface area contributed by atoms with Crippen LogP contribution in [0.4, 0.5) is 5.82 Å². The van der Waals surface area contributed by atoms with Crippen molar-refractivity contribution in [2.45, 2.75) is 35.8 Å². The van der Waals surface area contributed by atoms with Gasteiger partial charge in [-0.2, -0.15) is 0 Å². The highest BCUT2D eigenvalue weighted by molar-refractivity contribution is 7.91. The Labute approximate surface area is 158 Å². The molecule has 1 aliphatic heterocycles. The second kappa shape index (κ2) is 6.90. The van der Waals surface area contributed by atoms with Gasteiger partial charge in [-0.05, 0) is 44.0 Å². The molecule has 0 radical (unpaired) electrons. The zero-order valence-corrected chi connectivity index (χ0v) is 15.9. The number of aromatic nitrogens is 2. The Morgan fingerprint density at radius 3 is 2.19 bits per heavy atom. The Bertz CT molecular complexity index is 1070. The van der Waals surface area contributed by atoms with Crippen molar-refractivity contribution in [2.75, 3.05) is 18.0 Å². The fourth-order valence-electron chi connectivity index (χ4n) is 3.27. The summed E-state index contributed by atoms with van der Waals surface area (Å²) < 4.78 is 26.7. The van der Waals surface area contributed by atoms with Gasteiger partial charge in [-0.25, -0.2) is 18.4 Å². The largest absolute Gasteiger partial charge is 0.393 e. The number of aliphatic hydroxyl groups excluding tert-OH is 1. The fraction of sp³-hybridized carbons (Fsp3) is 0.300. The molecular formula is C20H21N3O3S. The Balaban J connectivity index is 1.89.